The van der Waals surface area contributed by atoms with E-state index in [0.29, 0.717) is 24.6 Å². The molecule has 172 valence electrons. The van der Waals surface area contributed by atoms with Crippen LogP contribution in [0.2, 0.25) is 0 Å². The van der Waals surface area contributed by atoms with E-state index in [2.05, 4.69) is 26.6 Å². The van der Waals surface area contributed by atoms with Crippen LogP contribution in [0.5, 0.6) is 23.0 Å². The third-order valence-corrected chi connectivity index (χ3v) is 5.85. The number of carbonyl (C=O) groups excluding carboxylic acids is 1. The summed E-state index contributed by atoms with van der Waals surface area (Å²) in [7, 11) is 1.58. The molecule has 0 fully saturated rings. The molecule has 3 aromatic carbocycles. The Morgan fingerprint density at radius 3 is 2.58 bits per heavy atom. The van der Waals surface area contributed by atoms with E-state index in [1.807, 2.05) is 61.5 Å². The van der Waals surface area contributed by atoms with E-state index in [0.717, 1.165) is 38.3 Å². The number of aryl methyl sites for hydroxylation is 1. The first-order valence-corrected chi connectivity index (χ1v) is 11.3. The molecule has 0 atom stereocenters. The fourth-order valence-corrected chi connectivity index (χ4v) is 3.82. The van der Waals surface area contributed by atoms with Crippen LogP contribution >= 0.6 is 15.9 Å². The smallest absolute Gasteiger partial charge is 0.262 e. The number of methoxy groups -OCH3 is 1. The van der Waals surface area contributed by atoms with E-state index in [1.54, 1.807) is 7.11 Å². The lowest BCUT2D eigenvalue weighted by molar-refractivity contribution is -0.118. The second-order valence-corrected chi connectivity index (χ2v) is 8.44. The van der Waals surface area contributed by atoms with E-state index in [4.69, 9.17) is 18.9 Å². The quantitative estimate of drug-likeness (QED) is 0.428. The van der Waals surface area contributed by atoms with E-state index in [-0.39, 0.29) is 19.3 Å². The molecule has 0 saturated carbocycles. The second-order valence-electron chi connectivity index (χ2n) is 7.59. The Labute approximate surface area is 201 Å². The van der Waals surface area contributed by atoms with Gasteiger partial charge in [-0.05, 0) is 54.4 Å². The van der Waals surface area contributed by atoms with Crippen LogP contribution in [-0.2, 0) is 17.9 Å². The van der Waals surface area contributed by atoms with Crippen LogP contribution < -0.4 is 29.6 Å². The highest BCUT2D eigenvalue weighted by Crippen LogP contribution is 2.34. The summed E-state index contributed by atoms with van der Waals surface area (Å²) in [6, 6.07) is 17.2. The number of carbonyl (C=O) groups is 1. The molecule has 1 aliphatic rings. The molecule has 33 heavy (non-hydrogen) atoms. The van der Waals surface area contributed by atoms with E-state index in [9.17, 15) is 4.79 Å². The van der Waals surface area contributed by atoms with Crippen molar-refractivity contribution in [1.29, 1.82) is 0 Å². The number of rotatable bonds is 9. The van der Waals surface area contributed by atoms with Gasteiger partial charge in [-0.3, -0.25) is 4.79 Å². The lowest BCUT2D eigenvalue weighted by atomic mass is 10.1. The van der Waals surface area contributed by atoms with E-state index < -0.39 is 0 Å². The highest BCUT2D eigenvalue weighted by atomic mass is 79.9. The topological polar surface area (TPSA) is 78.1 Å². The molecule has 0 aromatic heterocycles. The molecule has 1 heterocycles. The van der Waals surface area contributed by atoms with Crippen LogP contribution in [0.4, 0.5) is 5.69 Å². The Hall–Kier alpha value is -3.23. The van der Waals surface area contributed by atoms with Crippen molar-refractivity contribution in [3.63, 3.8) is 0 Å². The molecule has 0 spiro atoms. The Balaban J connectivity index is 1.33. The van der Waals surface area contributed by atoms with Crippen molar-refractivity contribution >= 4 is 27.5 Å². The highest BCUT2D eigenvalue weighted by molar-refractivity contribution is 9.10. The number of ether oxygens (including phenoxy) is 4. The molecule has 0 radical (unpaired) electrons. The predicted molar refractivity (Wildman–Crippen MR) is 129 cm³/mol. The number of amides is 1. The summed E-state index contributed by atoms with van der Waals surface area (Å²) < 4.78 is 22.8. The van der Waals surface area contributed by atoms with E-state index >= 15 is 0 Å². The molecule has 1 amide bonds. The van der Waals surface area contributed by atoms with Crippen molar-refractivity contribution in [2.24, 2.45) is 0 Å². The van der Waals surface area contributed by atoms with Crippen molar-refractivity contribution in [3.8, 4) is 23.0 Å². The molecule has 1 aliphatic heterocycles. The number of fused-ring (bicyclic) bond motifs is 1. The maximum absolute atomic E-state index is 12.3. The Morgan fingerprint density at radius 2 is 1.79 bits per heavy atom. The van der Waals surface area contributed by atoms with Crippen LogP contribution in [-0.4, -0.2) is 26.4 Å². The Kier molecular flexibility index (Phi) is 7.36. The summed E-state index contributed by atoms with van der Waals surface area (Å²) in [6.45, 7) is 3.41. The maximum atomic E-state index is 12.3. The van der Waals surface area contributed by atoms with Crippen LogP contribution in [0.3, 0.4) is 0 Å². The molecule has 3 aromatic rings. The fourth-order valence-electron chi connectivity index (χ4n) is 3.35. The average molecular weight is 513 g/mol. The normalized spacial score (nSPS) is 11.8. The summed E-state index contributed by atoms with van der Waals surface area (Å²) >= 11 is 3.59. The highest BCUT2D eigenvalue weighted by Gasteiger charge is 2.14. The standard InChI is InChI=1S/C25H25BrN2O5/c1-16-3-6-19(7-4-16)28-25(29)14-31-24-11-20(26)18(10-22(24)30-2)13-27-12-17-5-8-21-23(9-17)33-15-32-21/h3-11,27H,12-15H2,1-2H3,(H,28,29). The minimum absolute atomic E-state index is 0.127. The van der Waals surface area contributed by atoms with Gasteiger partial charge in [-0.15, -0.1) is 0 Å². The van der Waals surface area contributed by atoms with Crippen molar-refractivity contribution in [3.05, 3.63) is 75.8 Å². The zero-order chi connectivity index (χ0) is 23.2. The van der Waals surface area contributed by atoms with Crippen LogP contribution in [0.1, 0.15) is 16.7 Å². The maximum Gasteiger partial charge on any atom is 0.262 e. The lowest BCUT2D eigenvalue weighted by Crippen LogP contribution is -2.20. The molecule has 4 rings (SSSR count). The third-order valence-electron chi connectivity index (χ3n) is 5.11. The number of nitrogens with one attached hydrogen (secondary N) is 2. The van der Waals surface area contributed by atoms with E-state index in [1.165, 1.54) is 0 Å². The Morgan fingerprint density at radius 1 is 1.00 bits per heavy atom. The minimum atomic E-state index is -0.244. The monoisotopic (exact) mass is 512 g/mol. The number of hydrogen-bond acceptors (Lipinski definition) is 6. The molecule has 0 saturated heterocycles. The summed E-state index contributed by atoms with van der Waals surface area (Å²) in [6.07, 6.45) is 0. The van der Waals surface area contributed by atoms with Gasteiger partial charge in [-0.25, -0.2) is 0 Å². The molecule has 2 N–H and O–H groups in total. The van der Waals surface area contributed by atoms with Gasteiger partial charge in [0.25, 0.3) is 5.91 Å². The number of anilines is 1. The molecule has 7 nitrogen and oxygen atoms in total. The molecular weight excluding hydrogens is 488 g/mol. The predicted octanol–water partition coefficient (Wildman–Crippen LogP) is 4.80. The zero-order valence-corrected chi connectivity index (χ0v) is 20.0. The first-order chi connectivity index (χ1) is 16.0. The van der Waals surface area contributed by atoms with Crippen molar-refractivity contribution in [2.45, 2.75) is 20.0 Å². The van der Waals surface area contributed by atoms with Gasteiger partial charge in [-0.2, -0.15) is 0 Å². The molecule has 8 heteroatoms. The largest absolute Gasteiger partial charge is 0.493 e. The van der Waals surface area contributed by atoms with Gasteiger partial charge in [0.15, 0.2) is 29.6 Å². The molecule has 0 aliphatic carbocycles. The first kappa shape index (κ1) is 22.9. The summed E-state index contributed by atoms with van der Waals surface area (Å²) in [5.41, 5.74) is 3.96. The fraction of sp³-hybridized carbons (Fsp3) is 0.240. The molecule has 0 unspecified atom stereocenters. The van der Waals surface area contributed by atoms with Gasteiger partial charge in [0, 0.05) is 23.2 Å². The lowest BCUT2D eigenvalue weighted by Gasteiger charge is -2.15. The van der Waals surface area contributed by atoms with Crippen molar-refractivity contribution in [2.75, 3.05) is 25.8 Å². The van der Waals surface area contributed by atoms with Gasteiger partial charge in [0.2, 0.25) is 6.79 Å². The summed E-state index contributed by atoms with van der Waals surface area (Å²) in [4.78, 5) is 12.3. The number of hydrogen-bond donors (Lipinski definition) is 2. The molecular formula is C25H25BrN2O5. The molecule has 0 bridgehead atoms. The average Bonchev–Trinajstić information content (AvgIpc) is 3.28. The van der Waals surface area contributed by atoms with Crippen molar-refractivity contribution < 1.29 is 23.7 Å². The minimum Gasteiger partial charge on any atom is -0.493 e. The van der Waals surface area contributed by atoms with Crippen LogP contribution in [0.25, 0.3) is 0 Å². The van der Waals surface area contributed by atoms with Crippen molar-refractivity contribution in [1.82, 2.24) is 5.32 Å². The van der Waals surface area contributed by atoms with Gasteiger partial charge in [-0.1, -0.05) is 39.7 Å². The SMILES string of the molecule is COc1cc(CNCc2ccc3c(c2)OCO3)c(Br)cc1OCC(=O)Nc1ccc(C)cc1. The second kappa shape index (κ2) is 10.6. The van der Waals surface area contributed by atoms with Crippen LogP contribution in [0.15, 0.2) is 59.1 Å². The van der Waals surface area contributed by atoms with Gasteiger partial charge in [0.05, 0.1) is 7.11 Å². The first-order valence-electron chi connectivity index (χ1n) is 10.5. The Bertz CT molecular complexity index is 1130. The number of halogens is 1. The van der Waals surface area contributed by atoms with Gasteiger partial charge in [0.1, 0.15) is 0 Å². The van der Waals surface area contributed by atoms with Crippen LogP contribution in [0, 0.1) is 6.92 Å². The summed E-state index contributed by atoms with van der Waals surface area (Å²) in [5.74, 6) is 2.34. The summed E-state index contributed by atoms with van der Waals surface area (Å²) in [5, 5.41) is 6.23. The van der Waals surface area contributed by atoms with Gasteiger partial charge < -0.3 is 29.6 Å². The number of benzene rings is 3. The third kappa shape index (κ3) is 5.97. The van der Waals surface area contributed by atoms with Gasteiger partial charge >= 0.3 is 0 Å². The zero-order valence-electron chi connectivity index (χ0n) is 18.4.